The van der Waals surface area contributed by atoms with Crippen molar-refractivity contribution in [3.05, 3.63) is 46.8 Å². The first kappa shape index (κ1) is 24.5. The van der Waals surface area contributed by atoms with Crippen molar-refractivity contribution >= 4 is 35.6 Å². The van der Waals surface area contributed by atoms with Gasteiger partial charge in [0.05, 0.1) is 12.2 Å². The fourth-order valence-electron chi connectivity index (χ4n) is 4.11. The summed E-state index contributed by atoms with van der Waals surface area (Å²) in [5, 5.41) is 11.7. The van der Waals surface area contributed by atoms with E-state index in [1.54, 1.807) is 0 Å². The summed E-state index contributed by atoms with van der Waals surface area (Å²) in [6, 6.07) is 9.22. The van der Waals surface area contributed by atoms with Crippen LogP contribution < -0.4 is 15.5 Å². The Morgan fingerprint density at radius 2 is 1.90 bits per heavy atom. The minimum atomic E-state index is 0. The fourth-order valence-corrected chi connectivity index (χ4v) is 4.11. The molecule has 0 spiro atoms. The molecule has 1 aromatic heterocycles. The second-order valence-electron chi connectivity index (χ2n) is 7.81. The maximum Gasteiger partial charge on any atom is 0.191 e. The summed E-state index contributed by atoms with van der Waals surface area (Å²) in [5.41, 5.74) is 6.33. The number of benzene rings is 1. The Bertz CT molecular complexity index is 827. The average Bonchev–Trinajstić information content (AvgIpc) is 3.30. The zero-order chi connectivity index (χ0) is 20.8. The molecule has 0 saturated carbocycles. The van der Waals surface area contributed by atoms with Crippen LogP contribution in [0, 0.1) is 6.92 Å². The van der Waals surface area contributed by atoms with Gasteiger partial charge in [0, 0.05) is 49.7 Å². The van der Waals surface area contributed by atoms with Crippen LogP contribution >= 0.6 is 24.0 Å². The summed E-state index contributed by atoms with van der Waals surface area (Å²) >= 11 is 0. The summed E-state index contributed by atoms with van der Waals surface area (Å²) in [4.78, 5) is 7.36. The number of hydrogen-bond donors (Lipinski definition) is 2. The zero-order valence-electron chi connectivity index (χ0n) is 19.0. The van der Waals surface area contributed by atoms with E-state index in [9.17, 15) is 0 Å². The first-order chi connectivity index (χ1) is 14.0. The molecule has 2 heterocycles. The van der Waals surface area contributed by atoms with E-state index in [1.165, 1.54) is 22.5 Å². The highest BCUT2D eigenvalue weighted by molar-refractivity contribution is 14.0. The summed E-state index contributed by atoms with van der Waals surface area (Å²) < 4.78 is 2.01. The van der Waals surface area contributed by atoms with Gasteiger partial charge in [-0.3, -0.25) is 4.68 Å². The highest BCUT2D eigenvalue weighted by atomic mass is 127. The highest BCUT2D eigenvalue weighted by Crippen LogP contribution is 2.21. The van der Waals surface area contributed by atoms with Gasteiger partial charge in [0.2, 0.25) is 0 Å². The van der Waals surface area contributed by atoms with Crippen LogP contribution in [0.5, 0.6) is 0 Å². The van der Waals surface area contributed by atoms with Gasteiger partial charge in [0.15, 0.2) is 5.96 Å². The molecule has 6 nitrogen and oxygen atoms in total. The predicted octanol–water partition coefficient (Wildman–Crippen LogP) is 3.81. The molecule has 1 unspecified atom stereocenters. The van der Waals surface area contributed by atoms with E-state index in [2.05, 4.69) is 72.6 Å². The van der Waals surface area contributed by atoms with E-state index in [-0.39, 0.29) is 24.0 Å². The largest absolute Gasteiger partial charge is 0.369 e. The van der Waals surface area contributed by atoms with Crippen molar-refractivity contribution < 1.29 is 0 Å². The number of aryl methyl sites for hydroxylation is 3. The summed E-state index contributed by atoms with van der Waals surface area (Å²) in [6.07, 6.45) is 3.04. The second-order valence-corrected chi connectivity index (χ2v) is 7.81. The van der Waals surface area contributed by atoms with Crippen molar-refractivity contribution in [3.8, 4) is 0 Å². The van der Waals surface area contributed by atoms with E-state index in [1.807, 2.05) is 11.7 Å². The number of aromatic nitrogens is 2. The third kappa shape index (κ3) is 5.89. The third-order valence-corrected chi connectivity index (χ3v) is 5.70. The Balaban J connectivity index is 0.00000320. The van der Waals surface area contributed by atoms with Crippen molar-refractivity contribution in [3.63, 3.8) is 0 Å². The Kier molecular flexibility index (Phi) is 9.45. The number of halogens is 1. The Morgan fingerprint density at radius 3 is 2.53 bits per heavy atom. The molecule has 1 aromatic carbocycles. The molecular weight excluding hydrogens is 487 g/mol. The first-order valence-corrected chi connectivity index (χ1v) is 11.0. The molecule has 1 aliphatic heterocycles. The summed E-state index contributed by atoms with van der Waals surface area (Å²) in [6.45, 7) is 12.2. The van der Waals surface area contributed by atoms with Crippen molar-refractivity contribution in [2.75, 3.05) is 24.5 Å². The zero-order valence-corrected chi connectivity index (χ0v) is 21.4. The average molecular weight is 524 g/mol. The molecule has 3 rings (SSSR count). The molecule has 0 amide bonds. The SMILES string of the molecule is CCNC(=NCc1c(CC)nn(C)c1CC)NC1CCN(c2ccc(C)cc2)C1.I. The van der Waals surface area contributed by atoms with Crippen molar-refractivity contribution in [1.29, 1.82) is 0 Å². The molecule has 1 atom stereocenters. The highest BCUT2D eigenvalue weighted by Gasteiger charge is 2.23. The monoisotopic (exact) mass is 524 g/mol. The summed E-state index contributed by atoms with van der Waals surface area (Å²) in [5.74, 6) is 0.899. The standard InChI is InChI=1S/C23H36N6.HI/c1-6-21-20(22(7-2)28(5)27-21)15-25-23(24-8-3)26-18-13-14-29(16-18)19-11-9-17(4)10-12-19;/h9-12,18H,6-8,13-16H2,1-5H3,(H2,24,25,26);1H. The van der Waals surface area contributed by atoms with Crippen molar-refractivity contribution in [2.24, 2.45) is 12.0 Å². The summed E-state index contributed by atoms with van der Waals surface area (Å²) in [7, 11) is 2.03. The lowest BCUT2D eigenvalue weighted by atomic mass is 10.1. The van der Waals surface area contributed by atoms with Crippen LogP contribution in [0.15, 0.2) is 29.3 Å². The van der Waals surface area contributed by atoms with Gasteiger partial charge < -0.3 is 15.5 Å². The molecule has 1 saturated heterocycles. The molecule has 7 heteroatoms. The van der Waals surface area contributed by atoms with Crippen LogP contribution in [-0.4, -0.2) is 41.4 Å². The molecule has 0 aliphatic carbocycles. The van der Waals surface area contributed by atoms with E-state index in [0.29, 0.717) is 12.6 Å². The third-order valence-electron chi connectivity index (χ3n) is 5.70. The van der Waals surface area contributed by atoms with Crippen LogP contribution in [0.2, 0.25) is 0 Å². The number of nitrogens with one attached hydrogen (secondary N) is 2. The van der Waals surface area contributed by atoms with Gasteiger partial charge in [-0.25, -0.2) is 4.99 Å². The van der Waals surface area contributed by atoms with Crippen LogP contribution in [0.1, 0.15) is 49.7 Å². The predicted molar refractivity (Wildman–Crippen MR) is 137 cm³/mol. The Labute approximate surface area is 198 Å². The molecule has 2 aromatic rings. The first-order valence-electron chi connectivity index (χ1n) is 11.0. The maximum atomic E-state index is 4.91. The van der Waals surface area contributed by atoms with Crippen LogP contribution in [0.3, 0.4) is 0 Å². The topological polar surface area (TPSA) is 57.5 Å². The van der Waals surface area contributed by atoms with Gasteiger partial charge >= 0.3 is 0 Å². The maximum absolute atomic E-state index is 4.91. The molecular formula is C23H37IN6. The number of nitrogens with zero attached hydrogens (tertiary/aromatic N) is 4. The second kappa shape index (κ2) is 11.6. The number of hydrogen-bond acceptors (Lipinski definition) is 3. The minimum absolute atomic E-state index is 0. The number of aliphatic imine (C=N–C) groups is 1. The van der Waals surface area contributed by atoms with E-state index in [4.69, 9.17) is 4.99 Å². The lowest BCUT2D eigenvalue weighted by Gasteiger charge is -2.20. The van der Waals surface area contributed by atoms with Crippen molar-refractivity contribution in [1.82, 2.24) is 20.4 Å². The molecule has 30 heavy (non-hydrogen) atoms. The number of rotatable bonds is 7. The van der Waals surface area contributed by atoms with Gasteiger partial charge in [-0.1, -0.05) is 31.5 Å². The minimum Gasteiger partial charge on any atom is -0.369 e. The Morgan fingerprint density at radius 1 is 1.17 bits per heavy atom. The van der Waals surface area contributed by atoms with Gasteiger partial charge in [-0.15, -0.1) is 24.0 Å². The molecule has 166 valence electrons. The van der Waals surface area contributed by atoms with Gasteiger partial charge in [0.25, 0.3) is 0 Å². The van der Waals surface area contributed by atoms with E-state index >= 15 is 0 Å². The molecule has 2 N–H and O–H groups in total. The lowest BCUT2D eigenvalue weighted by Crippen LogP contribution is -2.44. The number of anilines is 1. The number of guanidine groups is 1. The van der Waals surface area contributed by atoms with Crippen LogP contribution in [0.25, 0.3) is 0 Å². The van der Waals surface area contributed by atoms with Crippen molar-refractivity contribution in [2.45, 2.75) is 59.5 Å². The molecule has 1 fully saturated rings. The quantitative estimate of drug-likeness (QED) is 0.329. The van der Waals surface area contributed by atoms with Gasteiger partial charge in [0.1, 0.15) is 0 Å². The van der Waals surface area contributed by atoms with Gasteiger partial charge in [-0.05, 0) is 45.2 Å². The lowest BCUT2D eigenvalue weighted by molar-refractivity contribution is 0.649. The van der Waals surface area contributed by atoms with Crippen LogP contribution in [0.4, 0.5) is 5.69 Å². The fraction of sp³-hybridized carbons (Fsp3) is 0.565. The van der Waals surface area contributed by atoms with E-state index in [0.717, 1.165) is 50.6 Å². The Hall–Kier alpha value is -1.77. The van der Waals surface area contributed by atoms with E-state index < -0.39 is 0 Å². The molecule has 0 radical (unpaired) electrons. The molecule has 0 bridgehead atoms. The molecule has 1 aliphatic rings. The normalized spacial score (nSPS) is 16.5. The van der Waals surface area contributed by atoms with Gasteiger partial charge in [-0.2, -0.15) is 5.10 Å². The smallest absolute Gasteiger partial charge is 0.191 e. The van der Waals surface area contributed by atoms with Crippen LogP contribution in [-0.2, 0) is 26.4 Å².